The lowest BCUT2D eigenvalue weighted by Crippen LogP contribution is -2.41. The van der Waals surface area contributed by atoms with Crippen molar-refractivity contribution in [3.63, 3.8) is 0 Å². The minimum Gasteiger partial charge on any atom is -0.324 e. The SMILES string of the molecule is CC1CCCN(C(=O)Nc2ncn[nH]2)C1. The van der Waals surface area contributed by atoms with Gasteiger partial charge in [0.15, 0.2) is 0 Å². The molecule has 1 unspecified atom stereocenters. The summed E-state index contributed by atoms with van der Waals surface area (Å²) in [6, 6.07) is -0.0988. The van der Waals surface area contributed by atoms with Gasteiger partial charge >= 0.3 is 6.03 Å². The highest BCUT2D eigenvalue weighted by Crippen LogP contribution is 2.15. The molecule has 0 radical (unpaired) electrons. The lowest BCUT2D eigenvalue weighted by molar-refractivity contribution is 0.182. The number of hydrogen-bond donors (Lipinski definition) is 2. The molecule has 15 heavy (non-hydrogen) atoms. The quantitative estimate of drug-likeness (QED) is 0.726. The van der Waals surface area contributed by atoms with Gasteiger partial charge in [-0.2, -0.15) is 10.1 Å². The number of aromatic amines is 1. The molecule has 1 saturated heterocycles. The molecule has 0 spiro atoms. The number of carbonyl (C=O) groups excluding carboxylic acids is 1. The Hall–Kier alpha value is -1.59. The normalized spacial score (nSPS) is 21.4. The standard InChI is InChI=1S/C9H15N5O/c1-7-3-2-4-14(5-7)9(15)12-8-10-6-11-13-8/h6-7H,2-5H2,1H3,(H2,10,11,12,13,15). The van der Waals surface area contributed by atoms with Crippen LogP contribution in [0.15, 0.2) is 6.33 Å². The summed E-state index contributed by atoms with van der Waals surface area (Å²) in [5, 5.41) is 8.93. The number of piperidine rings is 1. The number of rotatable bonds is 1. The Labute approximate surface area is 88.1 Å². The number of carbonyl (C=O) groups is 1. The molecule has 2 amide bonds. The molecule has 1 aliphatic rings. The van der Waals surface area contributed by atoms with Crippen LogP contribution < -0.4 is 5.32 Å². The van der Waals surface area contributed by atoms with Gasteiger partial charge in [0.05, 0.1) is 0 Å². The average Bonchev–Trinajstić information content (AvgIpc) is 2.70. The van der Waals surface area contributed by atoms with Crippen LogP contribution >= 0.6 is 0 Å². The zero-order chi connectivity index (χ0) is 10.7. The van der Waals surface area contributed by atoms with Crippen molar-refractivity contribution in [2.75, 3.05) is 18.4 Å². The van der Waals surface area contributed by atoms with Crippen molar-refractivity contribution in [2.45, 2.75) is 19.8 Å². The van der Waals surface area contributed by atoms with E-state index in [4.69, 9.17) is 0 Å². The van der Waals surface area contributed by atoms with Gasteiger partial charge in [0.2, 0.25) is 5.95 Å². The fraction of sp³-hybridized carbons (Fsp3) is 0.667. The largest absolute Gasteiger partial charge is 0.324 e. The number of likely N-dealkylation sites (tertiary alicyclic amines) is 1. The van der Waals surface area contributed by atoms with Crippen molar-refractivity contribution in [1.82, 2.24) is 20.1 Å². The van der Waals surface area contributed by atoms with E-state index in [9.17, 15) is 4.79 Å². The van der Waals surface area contributed by atoms with Crippen LogP contribution in [0.4, 0.5) is 10.7 Å². The Kier molecular flexibility index (Phi) is 2.84. The van der Waals surface area contributed by atoms with Crippen LogP contribution in [-0.4, -0.2) is 39.2 Å². The highest BCUT2D eigenvalue weighted by atomic mass is 16.2. The van der Waals surface area contributed by atoms with Crippen molar-refractivity contribution in [2.24, 2.45) is 5.92 Å². The lowest BCUT2D eigenvalue weighted by Gasteiger charge is -2.30. The topological polar surface area (TPSA) is 73.9 Å². The maximum absolute atomic E-state index is 11.7. The highest BCUT2D eigenvalue weighted by molar-refractivity contribution is 5.87. The number of nitrogens with zero attached hydrogens (tertiary/aromatic N) is 3. The van der Waals surface area contributed by atoms with Gasteiger partial charge in [-0.1, -0.05) is 6.92 Å². The molecule has 2 N–H and O–H groups in total. The number of hydrogen-bond acceptors (Lipinski definition) is 3. The highest BCUT2D eigenvalue weighted by Gasteiger charge is 2.21. The smallest absolute Gasteiger partial charge is 0.324 e. The van der Waals surface area contributed by atoms with Crippen LogP contribution in [0.2, 0.25) is 0 Å². The molecule has 82 valence electrons. The Morgan fingerprint density at radius 3 is 3.27 bits per heavy atom. The molecule has 0 aromatic carbocycles. The van der Waals surface area contributed by atoms with E-state index in [-0.39, 0.29) is 6.03 Å². The zero-order valence-electron chi connectivity index (χ0n) is 8.73. The molecule has 1 atom stereocenters. The molecule has 0 bridgehead atoms. The van der Waals surface area contributed by atoms with Crippen molar-refractivity contribution in [3.8, 4) is 0 Å². The fourth-order valence-electron chi connectivity index (χ4n) is 1.82. The van der Waals surface area contributed by atoms with E-state index in [0.29, 0.717) is 11.9 Å². The fourth-order valence-corrected chi connectivity index (χ4v) is 1.82. The van der Waals surface area contributed by atoms with E-state index in [1.807, 2.05) is 4.90 Å². The van der Waals surface area contributed by atoms with Crippen LogP contribution in [0.3, 0.4) is 0 Å². The molecular weight excluding hydrogens is 194 g/mol. The summed E-state index contributed by atoms with van der Waals surface area (Å²) in [6.07, 6.45) is 3.64. The molecule has 0 saturated carbocycles. The van der Waals surface area contributed by atoms with Crippen LogP contribution in [0, 0.1) is 5.92 Å². The van der Waals surface area contributed by atoms with Crippen molar-refractivity contribution in [3.05, 3.63) is 6.33 Å². The predicted octanol–water partition coefficient (Wildman–Crippen LogP) is 1.07. The molecule has 2 heterocycles. The van der Waals surface area contributed by atoms with E-state index in [2.05, 4.69) is 27.4 Å². The van der Waals surface area contributed by atoms with Gasteiger partial charge < -0.3 is 4.90 Å². The van der Waals surface area contributed by atoms with Gasteiger partial charge in [-0.15, -0.1) is 0 Å². The number of H-pyrrole nitrogens is 1. The second-order valence-electron chi connectivity index (χ2n) is 3.96. The Morgan fingerprint density at radius 2 is 2.60 bits per heavy atom. The third-order valence-corrected chi connectivity index (χ3v) is 2.58. The minimum atomic E-state index is -0.0988. The Balaban J connectivity index is 1.90. The van der Waals surface area contributed by atoms with Gasteiger partial charge in [-0.3, -0.25) is 5.32 Å². The van der Waals surface area contributed by atoms with E-state index in [0.717, 1.165) is 19.5 Å². The number of urea groups is 1. The maximum Gasteiger partial charge on any atom is 0.324 e. The molecule has 6 nitrogen and oxygen atoms in total. The summed E-state index contributed by atoms with van der Waals surface area (Å²) in [7, 11) is 0. The number of anilines is 1. The van der Waals surface area contributed by atoms with Gasteiger partial charge in [0.1, 0.15) is 6.33 Å². The second-order valence-corrected chi connectivity index (χ2v) is 3.96. The average molecular weight is 209 g/mol. The third kappa shape index (κ3) is 2.45. The number of aromatic nitrogens is 3. The number of amides is 2. The van der Waals surface area contributed by atoms with Gasteiger partial charge in [-0.05, 0) is 18.8 Å². The predicted molar refractivity (Wildman–Crippen MR) is 55.4 cm³/mol. The molecule has 1 aromatic heterocycles. The first-order valence-electron chi connectivity index (χ1n) is 5.17. The molecule has 1 fully saturated rings. The molecular formula is C9H15N5O. The van der Waals surface area contributed by atoms with Crippen LogP contribution in [0.25, 0.3) is 0 Å². The van der Waals surface area contributed by atoms with Crippen molar-refractivity contribution in [1.29, 1.82) is 0 Å². The Bertz CT molecular complexity index is 323. The summed E-state index contributed by atoms with van der Waals surface area (Å²) in [6.45, 7) is 3.80. The number of nitrogens with one attached hydrogen (secondary N) is 2. The summed E-state index contributed by atoms with van der Waals surface area (Å²) >= 11 is 0. The molecule has 0 aliphatic carbocycles. The third-order valence-electron chi connectivity index (χ3n) is 2.58. The van der Waals surface area contributed by atoms with Gasteiger partial charge in [0, 0.05) is 13.1 Å². The summed E-state index contributed by atoms with van der Waals surface area (Å²) in [5.41, 5.74) is 0. The zero-order valence-corrected chi connectivity index (χ0v) is 8.73. The van der Waals surface area contributed by atoms with Crippen LogP contribution in [-0.2, 0) is 0 Å². The van der Waals surface area contributed by atoms with Gasteiger partial charge in [-0.25, -0.2) is 9.89 Å². The lowest BCUT2D eigenvalue weighted by atomic mass is 10.0. The van der Waals surface area contributed by atoms with Crippen molar-refractivity contribution >= 4 is 12.0 Å². The maximum atomic E-state index is 11.7. The summed E-state index contributed by atoms with van der Waals surface area (Å²) in [4.78, 5) is 17.4. The molecule has 1 aromatic rings. The molecule has 2 rings (SSSR count). The monoisotopic (exact) mass is 209 g/mol. The van der Waals surface area contributed by atoms with E-state index < -0.39 is 0 Å². The van der Waals surface area contributed by atoms with Crippen molar-refractivity contribution < 1.29 is 4.79 Å². The second kappa shape index (κ2) is 4.29. The molecule has 1 aliphatic heterocycles. The summed E-state index contributed by atoms with van der Waals surface area (Å²) in [5.74, 6) is 0.984. The van der Waals surface area contributed by atoms with Crippen LogP contribution in [0.1, 0.15) is 19.8 Å². The Morgan fingerprint density at radius 1 is 1.73 bits per heavy atom. The first kappa shape index (κ1) is 9.95. The van der Waals surface area contributed by atoms with E-state index >= 15 is 0 Å². The first-order valence-corrected chi connectivity index (χ1v) is 5.17. The minimum absolute atomic E-state index is 0.0988. The van der Waals surface area contributed by atoms with Crippen LogP contribution in [0.5, 0.6) is 0 Å². The van der Waals surface area contributed by atoms with Gasteiger partial charge in [0.25, 0.3) is 0 Å². The summed E-state index contributed by atoms with van der Waals surface area (Å²) < 4.78 is 0. The molecule has 6 heteroatoms. The van der Waals surface area contributed by atoms with E-state index in [1.165, 1.54) is 12.7 Å². The first-order chi connectivity index (χ1) is 7.25. The van der Waals surface area contributed by atoms with E-state index in [1.54, 1.807) is 0 Å².